The average Bonchev–Trinajstić information content (AvgIpc) is 3.07. The van der Waals surface area contributed by atoms with E-state index in [2.05, 4.69) is 33.8 Å². The van der Waals surface area contributed by atoms with Crippen molar-refractivity contribution in [2.75, 3.05) is 6.61 Å². The molecule has 0 aromatic carbocycles. The van der Waals surface area contributed by atoms with E-state index < -0.39 is 5.41 Å². The van der Waals surface area contributed by atoms with Crippen molar-refractivity contribution >= 4 is 5.97 Å². The number of aliphatic hydroxyl groups is 2. The first-order chi connectivity index (χ1) is 16.8. The van der Waals surface area contributed by atoms with Gasteiger partial charge < -0.3 is 14.9 Å². The van der Waals surface area contributed by atoms with Crippen molar-refractivity contribution in [3.8, 4) is 0 Å². The molecule has 0 aromatic heterocycles. The van der Waals surface area contributed by atoms with Gasteiger partial charge in [-0.25, -0.2) is 0 Å². The summed E-state index contributed by atoms with van der Waals surface area (Å²) in [6.45, 7) is 15.8. The van der Waals surface area contributed by atoms with Crippen LogP contribution in [0.4, 0.5) is 0 Å². The van der Waals surface area contributed by atoms with E-state index in [1.54, 1.807) is 0 Å². The number of esters is 1. The molecule has 0 aliphatic heterocycles. The third-order valence-electron chi connectivity index (χ3n) is 11.3. The fourth-order valence-electron chi connectivity index (χ4n) is 9.21. The SMILES string of the molecule is C[C@H](CCC[C@@H](C)[C@H]1[C@@H](O)C[C@H]2[C@@H]3CC=C4C[C@@H](O)CC[C@]4(C)[C@H]3CC[C@]12C)COC(=O)C(C)(C)C. The van der Waals surface area contributed by atoms with Gasteiger partial charge in [-0.15, -0.1) is 0 Å². The van der Waals surface area contributed by atoms with E-state index >= 15 is 0 Å². The second-order valence-corrected chi connectivity index (χ2v) is 14.9. The minimum absolute atomic E-state index is 0.116. The second kappa shape index (κ2) is 10.4. The highest BCUT2D eigenvalue weighted by molar-refractivity contribution is 5.75. The lowest BCUT2D eigenvalue weighted by Crippen LogP contribution is -2.51. The highest BCUT2D eigenvalue weighted by Crippen LogP contribution is 2.67. The molecule has 10 atom stereocenters. The summed E-state index contributed by atoms with van der Waals surface area (Å²) < 4.78 is 5.53. The van der Waals surface area contributed by atoms with Gasteiger partial charge in [0.2, 0.25) is 0 Å². The van der Waals surface area contributed by atoms with Gasteiger partial charge in [0.05, 0.1) is 24.2 Å². The molecule has 0 heterocycles. The van der Waals surface area contributed by atoms with Crippen molar-refractivity contribution in [1.82, 2.24) is 0 Å². The molecular weight excluding hydrogens is 448 g/mol. The molecule has 3 saturated carbocycles. The molecule has 0 unspecified atom stereocenters. The molecule has 4 heteroatoms. The quantitative estimate of drug-likeness (QED) is 0.293. The maximum atomic E-state index is 12.1. The van der Waals surface area contributed by atoms with Gasteiger partial charge in [0, 0.05) is 0 Å². The summed E-state index contributed by atoms with van der Waals surface area (Å²) in [4.78, 5) is 12.1. The molecule has 0 spiro atoms. The summed E-state index contributed by atoms with van der Waals surface area (Å²) in [7, 11) is 0. The number of fused-ring (bicyclic) bond motifs is 5. The maximum Gasteiger partial charge on any atom is 0.311 e. The molecule has 2 N–H and O–H groups in total. The number of aliphatic hydroxyl groups excluding tert-OH is 2. The molecule has 0 saturated heterocycles. The average molecular weight is 503 g/mol. The molecule has 0 bridgehead atoms. The van der Waals surface area contributed by atoms with Crippen LogP contribution in [0.1, 0.15) is 113 Å². The lowest BCUT2D eigenvalue weighted by Gasteiger charge is -2.58. The Morgan fingerprint density at radius 2 is 1.83 bits per heavy atom. The number of hydrogen-bond donors (Lipinski definition) is 2. The molecule has 0 amide bonds. The van der Waals surface area contributed by atoms with Gasteiger partial charge >= 0.3 is 5.97 Å². The Bertz CT molecular complexity index is 827. The number of hydrogen-bond acceptors (Lipinski definition) is 4. The van der Waals surface area contributed by atoms with Crippen LogP contribution in [0.2, 0.25) is 0 Å². The zero-order chi connectivity index (χ0) is 26.5. The van der Waals surface area contributed by atoms with Crippen molar-refractivity contribution in [1.29, 1.82) is 0 Å². The largest absolute Gasteiger partial charge is 0.465 e. The number of rotatable bonds is 7. The van der Waals surface area contributed by atoms with Crippen LogP contribution < -0.4 is 0 Å². The van der Waals surface area contributed by atoms with Crippen LogP contribution in [0.3, 0.4) is 0 Å². The van der Waals surface area contributed by atoms with E-state index in [0.717, 1.165) is 51.4 Å². The second-order valence-electron chi connectivity index (χ2n) is 14.9. The highest BCUT2D eigenvalue weighted by atomic mass is 16.5. The predicted molar refractivity (Wildman–Crippen MR) is 145 cm³/mol. The molecule has 36 heavy (non-hydrogen) atoms. The number of carbonyl (C=O) groups excluding carboxylic acids is 1. The third kappa shape index (κ3) is 5.20. The van der Waals surface area contributed by atoms with Crippen molar-refractivity contribution in [3.63, 3.8) is 0 Å². The summed E-state index contributed by atoms with van der Waals surface area (Å²) in [5.74, 6) is 3.13. The van der Waals surface area contributed by atoms with E-state index in [-0.39, 0.29) is 29.0 Å². The Kier molecular flexibility index (Phi) is 8.10. The van der Waals surface area contributed by atoms with Gasteiger partial charge in [-0.05, 0) is 118 Å². The Labute approximate surface area is 220 Å². The first-order valence-corrected chi connectivity index (χ1v) is 15.0. The van der Waals surface area contributed by atoms with Crippen LogP contribution >= 0.6 is 0 Å². The molecule has 0 radical (unpaired) electrons. The van der Waals surface area contributed by atoms with Crippen LogP contribution in [0.5, 0.6) is 0 Å². The van der Waals surface area contributed by atoms with Crippen LogP contribution in [0.15, 0.2) is 11.6 Å². The summed E-state index contributed by atoms with van der Waals surface area (Å²) in [5.41, 5.74) is 1.56. The highest BCUT2D eigenvalue weighted by Gasteiger charge is 2.61. The summed E-state index contributed by atoms with van der Waals surface area (Å²) >= 11 is 0. The smallest absolute Gasteiger partial charge is 0.311 e. The monoisotopic (exact) mass is 502 g/mol. The number of carbonyl (C=O) groups is 1. The fourth-order valence-corrected chi connectivity index (χ4v) is 9.21. The van der Waals surface area contributed by atoms with Crippen LogP contribution in [0.25, 0.3) is 0 Å². The summed E-state index contributed by atoms with van der Waals surface area (Å²) in [5, 5.41) is 21.7. The lowest BCUT2D eigenvalue weighted by atomic mass is 9.47. The summed E-state index contributed by atoms with van der Waals surface area (Å²) in [6.07, 6.45) is 13.0. The number of allylic oxidation sites excluding steroid dienone is 1. The van der Waals surface area contributed by atoms with Crippen LogP contribution in [-0.4, -0.2) is 35.0 Å². The zero-order valence-corrected chi connectivity index (χ0v) is 24.2. The van der Waals surface area contributed by atoms with Crippen molar-refractivity contribution in [3.05, 3.63) is 11.6 Å². The molecule has 206 valence electrons. The van der Waals surface area contributed by atoms with E-state index in [1.807, 2.05) is 20.8 Å². The minimum atomic E-state index is -0.441. The van der Waals surface area contributed by atoms with Gasteiger partial charge in [-0.2, -0.15) is 0 Å². The third-order valence-corrected chi connectivity index (χ3v) is 11.3. The van der Waals surface area contributed by atoms with E-state index in [9.17, 15) is 15.0 Å². The van der Waals surface area contributed by atoms with Crippen LogP contribution in [0, 0.1) is 51.8 Å². The topological polar surface area (TPSA) is 66.8 Å². The molecule has 0 aromatic rings. The standard InChI is InChI=1S/C32H54O4/c1-20(19-36-29(35)30(3,4)5)9-8-10-21(2)28-27(34)18-26-24-12-11-22-17-23(33)13-15-31(22,6)25(24)14-16-32(26,28)7/h11,20-21,23-28,33-34H,8-10,12-19H2,1-7H3/t20-,21-,23+,24-,25+,26+,27+,28+,31+,32+/m1/s1. The molecule has 4 aliphatic carbocycles. The van der Waals surface area contributed by atoms with Gasteiger partial charge in [0.15, 0.2) is 0 Å². The Balaban J connectivity index is 1.35. The number of ether oxygens (including phenoxy) is 1. The van der Waals surface area contributed by atoms with E-state index in [1.165, 1.54) is 18.4 Å². The van der Waals surface area contributed by atoms with Crippen molar-refractivity contribution in [2.45, 2.75) is 125 Å². The first kappa shape index (κ1) is 28.1. The van der Waals surface area contributed by atoms with E-state index in [0.29, 0.717) is 42.1 Å². The first-order valence-electron chi connectivity index (χ1n) is 15.0. The van der Waals surface area contributed by atoms with Crippen molar-refractivity contribution < 1.29 is 19.7 Å². The van der Waals surface area contributed by atoms with Gasteiger partial charge in [-0.1, -0.05) is 52.2 Å². The lowest BCUT2D eigenvalue weighted by molar-refractivity contribution is -0.154. The van der Waals surface area contributed by atoms with E-state index in [4.69, 9.17) is 4.74 Å². The van der Waals surface area contributed by atoms with Gasteiger partial charge in [0.1, 0.15) is 0 Å². The molecule has 3 fully saturated rings. The maximum absolute atomic E-state index is 12.1. The van der Waals surface area contributed by atoms with Crippen molar-refractivity contribution in [2.24, 2.45) is 51.8 Å². The predicted octanol–water partition coefficient (Wildman–Crippen LogP) is 6.93. The minimum Gasteiger partial charge on any atom is -0.465 e. The zero-order valence-electron chi connectivity index (χ0n) is 24.2. The van der Waals surface area contributed by atoms with Gasteiger partial charge in [0.25, 0.3) is 0 Å². The molecule has 4 rings (SSSR count). The normalized spacial score (nSPS) is 42.0. The van der Waals surface area contributed by atoms with Crippen LogP contribution in [-0.2, 0) is 9.53 Å². The molecule has 4 aliphatic rings. The Hall–Kier alpha value is -0.870. The van der Waals surface area contributed by atoms with Gasteiger partial charge in [-0.3, -0.25) is 4.79 Å². The fraction of sp³-hybridized carbons (Fsp3) is 0.906. The Morgan fingerprint density at radius 3 is 2.53 bits per heavy atom. The molecular formula is C32H54O4. The summed E-state index contributed by atoms with van der Waals surface area (Å²) in [6, 6.07) is 0. The molecule has 4 nitrogen and oxygen atoms in total. The Morgan fingerprint density at radius 1 is 1.11 bits per heavy atom.